The monoisotopic (exact) mass is 228 g/mol. The molecule has 0 amide bonds. The highest BCUT2D eigenvalue weighted by Gasteiger charge is 2.34. The van der Waals surface area contributed by atoms with E-state index in [9.17, 15) is 13.2 Å². The first-order valence-corrected chi connectivity index (χ1v) is 4.38. The molecule has 1 N–H and O–H groups in total. The fourth-order valence-electron chi connectivity index (χ4n) is 1.16. The second kappa shape index (κ2) is 3.58. The summed E-state index contributed by atoms with van der Waals surface area (Å²) in [6.07, 6.45) is -0.757. The lowest BCUT2D eigenvalue weighted by atomic mass is 10.3. The van der Waals surface area contributed by atoms with E-state index < -0.39 is 12.0 Å². The van der Waals surface area contributed by atoms with Gasteiger partial charge >= 0.3 is 6.18 Å². The number of hydrogen-bond acceptors (Lipinski definition) is 3. The fraction of sp³-hybridized carbons (Fsp3) is 0.222. The first-order valence-electron chi connectivity index (χ1n) is 4.38. The molecule has 0 aromatic carbocycles. The first-order chi connectivity index (χ1) is 7.47. The molecule has 0 radical (unpaired) electrons. The van der Waals surface area contributed by atoms with Gasteiger partial charge in [-0.25, -0.2) is 15.0 Å². The molecule has 0 aliphatic carbocycles. The van der Waals surface area contributed by atoms with Crippen LogP contribution in [0.2, 0.25) is 0 Å². The lowest BCUT2D eigenvalue weighted by Crippen LogP contribution is -2.10. The minimum Gasteiger partial charge on any atom is -0.342 e. The molecule has 2 aromatic heterocycles. The second-order valence-corrected chi connectivity index (χ2v) is 3.21. The van der Waals surface area contributed by atoms with Crippen molar-refractivity contribution in [3.05, 3.63) is 30.1 Å². The summed E-state index contributed by atoms with van der Waals surface area (Å²) in [6.45, 7) is 1.79. The van der Waals surface area contributed by atoms with Crippen LogP contribution in [0.5, 0.6) is 0 Å². The van der Waals surface area contributed by atoms with Crippen molar-refractivity contribution < 1.29 is 13.2 Å². The molecule has 84 valence electrons. The Morgan fingerprint density at radius 3 is 2.12 bits per heavy atom. The van der Waals surface area contributed by atoms with Gasteiger partial charge in [-0.05, 0) is 6.92 Å². The van der Waals surface area contributed by atoms with Gasteiger partial charge in [-0.15, -0.1) is 0 Å². The number of nitrogens with zero attached hydrogens (tertiary/aromatic N) is 3. The first kappa shape index (κ1) is 10.6. The number of imidazole rings is 1. The van der Waals surface area contributed by atoms with Gasteiger partial charge in [0.15, 0.2) is 0 Å². The number of aromatic nitrogens is 4. The van der Waals surface area contributed by atoms with Crippen molar-refractivity contribution in [2.75, 3.05) is 0 Å². The third kappa shape index (κ3) is 2.02. The predicted molar refractivity (Wildman–Crippen MR) is 49.4 cm³/mol. The van der Waals surface area contributed by atoms with E-state index in [0.717, 1.165) is 18.1 Å². The molecule has 2 heterocycles. The highest BCUT2D eigenvalue weighted by Crippen LogP contribution is 2.26. The zero-order chi connectivity index (χ0) is 11.8. The van der Waals surface area contributed by atoms with Crippen LogP contribution in [-0.4, -0.2) is 19.9 Å². The molecule has 16 heavy (non-hydrogen) atoms. The van der Waals surface area contributed by atoms with Gasteiger partial charge < -0.3 is 4.98 Å². The maximum absolute atomic E-state index is 12.2. The zero-order valence-electron chi connectivity index (χ0n) is 8.21. The standard InChI is InChI=1S/C9H7F3N4/c1-5-2-13-7(16-5)6-3-14-8(15-4-6)9(10,11)12/h2-4H,1H3,(H,13,16). The Morgan fingerprint density at radius 2 is 1.69 bits per heavy atom. The number of halogens is 3. The maximum Gasteiger partial charge on any atom is 0.451 e. The Labute approximate surface area is 88.6 Å². The van der Waals surface area contributed by atoms with Crippen molar-refractivity contribution in [3.8, 4) is 11.4 Å². The third-order valence-electron chi connectivity index (χ3n) is 1.88. The van der Waals surface area contributed by atoms with Gasteiger partial charge in [-0.2, -0.15) is 13.2 Å². The van der Waals surface area contributed by atoms with Gasteiger partial charge in [0, 0.05) is 24.3 Å². The number of aryl methyl sites for hydroxylation is 1. The molecular weight excluding hydrogens is 221 g/mol. The molecule has 0 fully saturated rings. The molecule has 0 aliphatic rings. The Hall–Kier alpha value is -1.92. The van der Waals surface area contributed by atoms with Crippen LogP contribution in [0.3, 0.4) is 0 Å². The summed E-state index contributed by atoms with van der Waals surface area (Å²) in [5, 5.41) is 0. The van der Waals surface area contributed by atoms with E-state index in [1.807, 2.05) is 0 Å². The summed E-state index contributed by atoms with van der Waals surface area (Å²) in [6, 6.07) is 0. The SMILES string of the molecule is Cc1cnc(-c2cnc(C(F)(F)F)nc2)[nH]1. The number of H-pyrrole nitrogens is 1. The van der Waals surface area contributed by atoms with Gasteiger partial charge in [-0.3, -0.25) is 0 Å². The molecule has 0 bridgehead atoms. The molecule has 0 spiro atoms. The number of hydrogen-bond donors (Lipinski definition) is 1. The summed E-state index contributed by atoms with van der Waals surface area (Å²) < 4.78 is 36.5. The van der Waals surface area contributed by atoms with E-state index in [1.165, 1.54) is 0 Å². The topological polar surface area (TPSA) is 54.5 Å². The molecule has 0 saturated heterocycles. The number of alkyl halides is 3. The number of aromatic amines is 1. The third-order valence-corrected chi connectivity index (χ3v) is 1.88. The summed E-state index contributed by atoms with van der Waals surface area (Å²) in [7, 11) is 0. The minimum absolute atomic E-state index is 0.418. The van der Waals surface area contributed by atoms with Crippen LogP contribution in [-0.2, 0) is 6.18 Å². The van der Waals surface area contributed by atoms with E-state index in [-0.39, 0.29) is 0 Å². The van der Waals surface area contributed by atoms with Crippen LogP contribution in [0.25, 0.3) is 11.4 Å². The van der Waals surface area contributed by atoms with Crippen LogP contribution in [0.15, 0.2) is 18.6 Å². The highest BCUT2D eigenvalue weighted by molar-refractivity contribution is 5.51. The molecule has 0 aliphatic heterocycles. The van der Waals surface area contributed by atoms with Gasteiger partial charge in [0.1, 0.15) is 5.82 Å². The lowest BCUT2D eigenvalue weighted by Gasteiger charge is -2.03. The Kier molecular flexibility index (Phi) is 2.37. The van der Waals surface area contributed by atoms with Crippen molar-refractivity contribution in [1.82, 2.24) is 19.9 Å². The van der Waals surface area contributed by atoms with Crippen LogP contribution in [0, 0.1) is 6.92 Å². The van der Waals surface area contributed by atoms with Crippen molar-refractivity contribution in [3.63, 3.8) is 0 Å². The quantitative estimate of drug-likeness (QED) is 0.813. The van der Waals surface area contributed by atoms with E-state index in [4.69, 9.17) is 0 Å². The smallest absolute Gasteiger partial charge is 0.342 e. The fourth-order valence-corrected chi connectivity index (χ4v) is 1.16. The van der Waals surface area contributed by atoms with Gasteiger partial charge in [-0.1, -0.05) is 0 Å². The molecule has 4 nitrogen and oxygen atoms in total. The molecule has 2 rings (SSSR count). The molecule has 2 aromatic rings. The lowest BCUT2D eigenvalue weighted by molar-refractivity contribution is -0.144. The van der Waals surface area contributed by atoms with Crippen LogP contribution in [0.1, 0.15) is 11.5 Å². The molecular formula is C9H7F3N4. The average Bonchev–Trinajstić information content (AvgIpc) is 2.64. The molecule has 0 atom stereocenters. The summed E-state index contributed by atoms with van der Waals surface area (Å²) in [5.41, 5.74) is 1.23. The van der Waals surface area contributed by atoms with E-state index in [0.29, 0.717) is 11.4 Å². The maximum atomic E-state index is 12.2. The van der Waals surface area contributed by atoms with E-state index in [1.54, 1.807) is 13.1 Å². The van der Waals surface area contributed by atoms with Crippen molar-refractivity contribution in [1.29, 1.82) is 0 Å². The van der Waals surface area contributed by atoms with Crippen molar-refractivity contribution >= 4 is 0 Å². The van der Waals surface area contributed by atoms with E-state index in [2.05, 4.69) is 19.9 Å². The summed E-state index contributed by atoms with van der Waals surface area (Å²) in [4.78, 5) is 13.3. The molecule has 0 saturated carbocycles. The summed E-state index contributed by atoms with van der Waals surface area (Å²) in [5.74, 6) is -0.703. The van der Waals surface area contributed by atoms with E-state index >= 15 is 0 Å². The van der Waals surface area contributed by atoms with Gasteiger partial charge in [0.05, 0.1) is 5.56 Å². The zero-order valence-corrected chi connectivity index (χ0v) is 8.21. The number of nitrogens with one attached hydrogen (secondary N) is 1. The van der Waals surface area contributed by atoms with Gasteiger partial charge in [0.25, 0.3) is 0 Å². The largest absolute Gasteiger partial charge is 0.451 e. The molecule has 0 unspecified atom stereocenters. The van der Waals surface area contributed by atoms with Crippen molar-refractivity contribution in [2.45, 2.75) is 13.1 Å². The average molecular weight is 228 g/mol. The Balaban J connectivity index is 2.33. The normalized spacial score (nSPS) is 11.8. The Morgan fingerprint density at radius 1 is 1.06 bits per heavy atom. The van der Waals surface area contributed by atoms with Crippen LogP contribution < -0.4 is 0 Å². The van der Waals surface area contributed by atoms with Crippen LogP contribution >= 0.6 is 0 Å². The minimum atomic E-state index is -4.52. The van der Waals surface area contributed by atoms with Crippen LogP contribution in [0.4, 0.5) is 13.2 Å². The summed E-state index contributed by atoms with van der Waals surface area (Å²) >= 11 is 0. The van der Waals surface area contributed by atoms with Gasteiger partial charge in [0.2, 0.25) is 5.82 Å². The second-order valence-electron chi connectivity index (χ2n) is 3.21. The van der Waals surface area contributed by atoms with Crippen molar-refractivity contribution in [2.24, 2.45) is 0 Å². The Bertz CT molecular complexity index is 486. The number of rotatable bonds is 1. The molecule has 7 heteroatoms. The highest BCUT2D eigenvalue weighted by atomic mass is 19.4. The predicted octanol–water partition coefficient (Wildman–Crippen LogP) is 2.19.